The summed E-state index contributed by atoms with van der Waals surface area (Å²) in [5.41, 5.74) is 5.56. The van der Waals surface area contributed by atoms with Gasteiger partial charge in [-0.05, 0) is 12.8 Å². The van der Waals surface area contributed by atoms with Gasteiger partial charge in [0.25, 0.3) is 0 Å². The largest absolute Gasteiger partial charge is 0.329 e. The normalized spacial score (nSPS) is 27.2. The van der Waals surface area contributed by atoms with Crippen molar-refractivity contribution in [3.05, 3.63) is 0 Å². The second-order valence-corrected chi connectivity index (χ2v) is 4.60. The van der Waals surface area contributed by atoms with Crippen molar-refractivity contribution in [2.75, 3.05) is 39.3 Å². The summed E-state index contributed by atoms with van der Waals surface area (Å²) in [5, 5.41) is 0. The molecular weight excluding hydrogens is 174 g/mol. The van der Waals surface area contributed by atoms with Crippen molar-refractivity contribution >= 4 is 0 Å². The molecule has 0 spiro atoms. The maximum Gasteiger partial charge on any atom is 0.0113 e. The molecule has 2 N–H and O–H groups in total. The summed E-state index contributed by atoms with van der Waals surface area (Å²) in [5.74, 6) is 0. The van der Waals surface area contributed by atoms with E-state index >= 15 is 0 Å². The number of hydrogen-bond acceptors (Lipinski definition) is 3. The van der Waals surface area contributed by atoms with Crippen LogP contribution < -0.4 is 5.73 Å². The lowest BCUT2D eigenvalue weighted by molar-refractivity contribution is 0.0999. The maximum atomic E-state index is 5.56. The highest BCUT2D eigenvalue weighted by Crippen LogP contribution is 2.24. The monoisotopic (exact) mass is 197 g/mol. The SMILES string of the molecule is NCCN1CCN(C2CCCC2)CC1. The first-order valence-corrected chi connectivity index (χ1v) is 6.06. The Kier molecular flexibility index (Phi) is 3.79. The van der Waals surface area contributed by atoms with Crippen LogP contribution in [0.3, 0.4) is 0 Å². The summed E-state index contributed by atoms with van der Waals surface area (Å²) >= 11 is 0. The zero-order valence-electron chi connectivity index (χ0n) is 9.12. The lowest BCUT2D eigenvalue weighted by atomic mass is 10.2. The van der Waals surface area contributed by atoms with Gasteiger partial charge in [-0.2, -0.15) is 0 Å². The molecule has 0 unspecified atom stereocenters. The van der Waals surface area contributed by atoms with E-state index in [1.54, 1.807) is 0 Å². The third-order valence-electron chi connectivity index (χ3n) is 3.69. The van der Waals surface area contributed by atoms with Crippen molar-refractivity contribution in [1.82, 2.24) is 9.80 Å². The standard InChI is InChI=1S/C11H23N3/c12-5-6-13-7-9-14(10-8-13)11-3-1-2-4-11/h11H,1-10,12H2. The van der Waals surface area contributed by atoms with Gasteiger partial charge in [-0.3, -0.25) is 9.80 Å². The van der Waals surface area contributed by atoms with E-state index < -0.39 is 0 Å². The first kappa shape index (κ1) is 10.4. The quantitative estimate of drug-likeness (QED) is 0.715. The second-order valence-electron chi connectivity index (χ2n) is 4.60. The molecule has 2 aliphatic rings. The molecule has 3 heteroatoms. The Hall–Kier alpha value is -0.120. The summed E-state index contributed by atoms with van der Waals surface area (Å²) in [7, 11) is 0. The van der Waals surface area contributed by atoms with Crippen molar-refractivity contribution in [3.63, 3.8) is 0 Å². The Balaban J connectivity index is 1.72. The summed E-state index contributed by atoms with van der Waals surface area (Å²) < 4.78 is 0. The van der Waals surface area contributed by atoms with Crippen molar-refractivity contribution in [2.45, 2.75) is 31.7 Å². The van der Waals surface area contributed by atoms with Crippen molar-refractivity contribution in [3.8, 4) is 0 Å². The number of nitrogens with two attached hydrogens (primary N) is 1. The van der Waals surface area contributed by atoms with Gasteiger partial charge in [0, 0.05) is 45.3 Å². The van der Waals surface area contributed by atoms with Gasteiger partial charge in [0.05, 0.1) is 0 Å². The molecule has 0 aromatic carbocycles. The van der Waals surface area contributed by atoms with E-state index in [2.05, 4.69) is 9.80 Å². The van der Waals surface area contributed by atoms with E-state index in [0.29, 0.717) is 0 Å². The molecule has 0 amide bonds. The first-order chi connectivity index (χ1) is 6.90. The van der Waals surface area contributed by atoms with Gasteiger partial charge in [-0.1, -0.05) is 12.8 Å². The molecule has 1 heterocycles. The van der Waals surface area contributed by atoms with E-state index in [1.165, 1.54) is 51.9 Å². The minimum Gasteiger partial charge on any atom is -0.329 e. The van der Waals surface area contributed by atoms with Crippen molar-refractivity contribution < 1.29 is 0 Å². The zero-order valence-corrected chi connectivity index (χ0v) is 9.12. The molecule has 0 radical (unpaired) electrons. The van der Waals surface area contributed by atoms with E-state index in [-0.39, 0.29) is 0 Å². The Labute approximate surface area is 87.2 Å². The fourth-order valence-corrected chi connectivity index (χ4v) is 2.80. The van der Waals surface area contributed by atoms with Crippen LogP contribution in [0.5, 0.6) is 0 Å². The Morgan fingerprint density at radius 1 is 1.00 bits per heavy atom. The molecule has 14 heavy (non-hydrogen) atoms. The predicted octanol–water partition coefficient (Wildman–Crippen LogP) is 0.505. The van der Waals surface area contributed by atoms with Gasteiger partial charge >= 0.3 is 0 Å². The molecule has 82 valence electrons. The first-order valence-electron chi connectivity index (χ1n) is 6.06. The van der Waals surface area contributed by atoms with Gasteiger partial charge in [0.1, 0.15) is 0 Å². The molecule has 1 aliphatic carbocycles. The second kappa shape index (κ2) is 5.10. The molecule has 1 saturated carbocycles. The average Bonchev–Trinajstić information content (AvgIpc) is 2.72. The molecule has 0 aromatic heterocycles. The van der Waals surface area contributed by atoms with Gasteiger partial charge in [0.2, 0.25) is 0 Å². The van der Waals surface area contributed by atoms with Gasteiger partial charge in [-0.25, -0.2) is 0 Å². The molecule has 1 aliphatic heterocycles. The van der Waals surface area contributed by atoms with Gasteiger partial charge < -0.3 is 5.73 Å². The number of hydrogen-bond donors (Lipinski definition) is 1. The van der Waals surface area contributed by atoms with Crippen molar-refractivity contribution in [2.24, 2.45) is 5.73 Å². The number of piperazine rings is 1. The number of nitrogens with zero attached hydrogens (tertiary/aromatic N) is 2. The Morgan fingerprint density at radius 2 is 1.64 bits per heavy atom. The molecular formula is C11H23N3. The molecule has 0 atom stereocenters. The summed E-state index contributed by atoms with van der Waals surface area (Å²) in [6.07, 6.45) is 5.79. The maximum absolute atomic E-state index is 5.56. The highest BCUT2D eigenvalue weighted by Gasteiger charge is 2.25. The van der Waals surface area contributed by atoms with Crippen LogP contribution in [0.4, 0.5) is 0 Å². The lowest BCUT2D eigenvalue weighted by Crippen LogP contribution is -2.50. The molecule has 3 nitrogen and oxygen atoms in total. The summed E-state index contributed by atoms with van der Waals surface area (Å²) in [6.45, 7) is 6.89. The molecule has 1 saturated heterocycles. The fraction of sp³-hybridized carbons (Fsp3) is 1.00. The third-order valence-corrected chi connectivity index (χ3v) is 3.69. The molecule has 0 aromatic rings. The highest BCUT2D eigenvalue weighted by atomic mass is 15.3. The van der Waals surface area contributed by atoms with E-state index in [9.17, 15) is 0 Å². The lowest BCUT2D eigenvalue weighted by Gasteiger charge is -2.37. The van der Waals surface area contributed by atoms with E-state index in [1.807, 2.05) is 0 Å². The predicted molar refractivity (Wildman–Crippen MR) is 59.3 cm³/mol. The minimum absolute atomic E-state index is 0.809. The van der Waals surface area contributed by atoms with Crippen LogP contribution in [0.25, 0.3) is 0 Å². The van der Waals surface area contributed by atoms with Crippen LogP contribution in [-0.2, 0) is 0 Å². The van der Waals surface area contributed by atoms with Crippen LogP contribution in [0.1, 0.15) is 25.7 Å². The smallest absolute Gasteiger partial charge is 0.0113 e. The van der Waals surface area contributed by atoms with Gasteiger partial charge in [0.15, 0.2) is 0 Å². The van der Waals surface area contributed by atoms with Crippen LogP contribution in [0.15, 0.2) is 0 Å². The van der Waals surface area contributed by atoms with E-state index in [0.717, 1.165) is 19.1 Å². The Morgan fingerprint density at radius 3 is 2.21 bits per heavy atom. The van der Waals surface area contributed by atoms with Crippen LogP contribution >= 0.6 is 0 Å². The summed E-state index contributed by atoms with van der Waals surface area (Å²) in [4.78, 5) is 5.19. The molecule has 2 rings (SSSR count). The molecule has 0 bridgehead atoms. The summed E-state index contributed by atoms with van der Waals surface area (Å²) in [6, 6.07) is 0.912. The van der Waals surface area contributed by atoms with E-state index in [4.69, 9.17) is 5.73 Å². The van der Waals surface area contributed by atoms with Gasteiger partial charge in [-0.15, -0.1) is 0 Å². The third kappa shape index (κ3) is 2.47. The minimum atomic E-state index is 0.809. The highest BCUT2D eigenvalue weighted by molar-refractivity contribution is 4.81. The fourth-order valence-electron chi connectivity index (χ4n) is 2.80. The average molecular weight is 197 g/mol. The molecule has 2 fully saturated rings. The van der Waals surface area contributed by atoms with Crippen LogP contribution in [0, 0.1) is 0 Å². The number of rotatable bonds is 3. The topological polar surface area (TPSA) is 32.5 Å². The Bertz CT molecular complexity index is 158. The van der Waals surface area contributed by atoms with Crippen LogP contribution in [0.2, 0.25) is 0 Å². The van der Waals surface area contributed by atoms with Crippen molar-refractivity contribution in [1.29, 1.82) is 0 Å². The van der Waals surface area contributed by atoms with Crippen LogP contribution in [-0.4, -0.2) is 55.1 Å². The zero-order chi connectivity index (χ0) is 9.80.